The molecule has 138 valence electrons. The van der Waals surface area contributed by atoms with E-state index in [0.29, 0.717) is 13.0 Å². The summed E-state index contributed by atoms with van der Waals surface area (Å²) in [6.45, 7) is 2.56. The van der Waals surface area contributed by atoms with E-state index in [1.54, 1.807) is 0 Å². The lowest BCUT2D eigenvalue weighted by atomic mass is 9.92. The lowest BCUT2D eigenvalue weighted by Gasteiger charge is -2.20. The summed E-state index contributed by atoms with van der Waals surface area (Å²) in [7, 11) is 0. The molecule has 0 aromatic heterocycles. The first-order valence-corrected chi connectivity index (χ1v) is 9.84. The molecule has 0 fully saturated rings. The number of ether oxygens (including phenoxy) is 1. The summed E-state index contributed by atoms with van der Waals surface area (Å²) in [5.74, 6) is 0.740. The van der Waals surface area contributed by atoms with Gasteiger partial charge in [-0.1, -0.05) is 36.7 Å². The zero-order valence-corrected chi connectivity index (χ0v) is 16.0. The normalized spacial score (nSPS) is 14.4. The molecule has 1 aliphatic rings. The number of aryl methyl sites for hydroxylation is 2. The minimum absolute atomic E-state index is 0.0563. The van der Waals surface area contributed by atoms with E-state index in [2.05, 4.69) is 17.4 Å². The number of rotatable bonds is 7. The van der Waals surface area contributed by atoms with E-state index < -0.39 is 6.10 Å². The van der Waals surface area contributed by atoms with Crippen LogP contribution in [0.15, 0.2) is 42.5 Å². The third-order valence-corrected chi connectivity index (χ3v) is 5.14. The lowest BCUT2D eigenvalue weighted by molar-refractivity contribution is -0.128. The van der Waals surface area contributed by atoms with Crippen LogP contribution < -0.4 is 10.1 Å². The van der Waals surface area contributed by atoms with Crippen molar-refractivity contribution in [2.24, 2.45) is 0 Å². The maximum Gasteiger partial charge on any atom is 0.261 e. The second-order valence-electron chi connectivity index (χ2n) is 6.82. The number of carbonyl (C=O) groups excluding carboxylic acids is 1. The molecule has 3 rings (SSSR count). The van der Waals surface area contributed by atoms with E-state index in [1.807, 2.05) is 37.3 Å². The maximum atomic E-state index is 12.5. The highest BCUT2D eigenvalue weighted by molar-refractivity contribution is 6.30. The van der Waals surface area contributed by atoms with Crippen LogP contribution in [0.3, 0.4) is 0 Å². The van der Waals surface area contributed by atoms with Gasteiger partial charge in [-0.2, -0.15) is 0 Å². The Kier molecular flexibility index (Phi) is 6.56. The number of nitrogens with one attached hydrogen (secondary N) is 1. The maximum absolute atomic E-state index is 12.5. The smallest absolute Gasteiger partial charge is 0.261 e. The minimum atomic E-state index is -0.457. The van der Waals surface area contributed by atoms with Gasteiger partial charge in [0.25, 0.3) is 5.91 Å². The van der Waals surface area contributed by atoms with Gasteiger partial charge in [-0.25, -0.2) is 0 Å². The summed E-state index contributed by atoms with van der Waals surface area (Å²) in [4.78, 5) is 12.5. The van der Waals surface area contributed by atoms with Crippen molar-refractivity contribution in [3.05, 3.63) is 64.2 Å². The molecule has 1 N–H and O–H groups in total. The van der Waals surface area contributed by atoms with Crippen LogP contribution in [-0.4, -0.2) is 18.6 Å². The quantitative estimate of drug-likeness (QED) is 0.763. The van der Waals surface area contributed by atoms with E-state index >= 15 is 0 Å². The molecule has 1 amide bonds. The van der Waals surface area contributed by atoms with Gasteiger partial charge < -0.3 is 10.1 Å². The molecule has 4 heteroatoms. The molecule has 2 aromatic rings. The highest BCUT2D eigenvalue weighted by Crippen LogP contribution is 2.26. The summed E-state index contributed by atoms with van der Waals surface area (Å²) in [5, 5.41) is 3.71. The monoisotopic (exact) mass is 371 g/mol. The van der Waals surface area contributed by atoms with Crippen LogP contribution in [-0.2, 0) is 24.1 Å². The molecule has 0 saturated heterocycles. The van der Waals surface area contributed by atoms with Gasteiger partial charge in [0.1, 0.15) is 5.75 Å². The van der Waals surface area contributed by atoms with E-state index in [1.165, 1.54) is 24.0 Å². The average molecular weight is 372 g/mol. The van der Waals surface area contributed by atoms with Gasteiger partial charge in [-0.3, -0.25) is 4.79 Å². The van der Waals surface area contributed by atoms with Crippen LogP contribution in [0.25, 0.3) is 0 Å². The van der Waals surface area contributed by atoms with Gasteiger partial charge in [0.15, 0.2) is 6.10 Å². The van der Waals surface area contributed by atoms with Gasteiger partial charge in [0.05, 0.1) is 0 Å². The molecule has 0 aliphatic heterocycles. The number of benzene rings is 2. The second kappa shape index (κ2) is 9.09. The molecular formula is C22H26ClNO2. The minimum Gasteiger partial charge on any atom is -0.481 e. The Morgan fingerprint density at radius 1 is 1.12 bits per heavy atom. The first kappa shape index (κ1) is 18.8. The van der Waals surface area contributed by atoms with E-state index in [-0.39, 0.29) is 5.91 Å². The molecule has 26 heavy (non-hydrogen) atoms. The molecule has 1 aliphatic carbocycles. The van der Waals surface area contributed by atoms with E-state index in [4.69, 9.17) is 16.3 Å². The first-order valence-electron chi connectivity index (χ1n) is 9.46. The highest BCUT2D eigenvalue weighted by Gasteiger charge is 2.19. The van der Waals surface area contributed by atoms with Gasteiger partial charge in [-0.05, 0) is 79.5 Å². The van der Waals surface area contributed by atoms with Gasteiger partial charge in [0.2, 0.25) is 0 Å². The van der Waals surface area contributed by atoms with Crippen molar-refractivity contribution in [2.75, 3.05) is 6.54 Å². The summed E-state index contributed by atoms with van der Waals surface area (Å²) in [5.41, 5.74) is 3.94. The topological polar surface area (TPSA) is 38.3 Å². The van der Waals surface area contributed by atoms with Crippen molar-refractivity contribution in [3.63, 3.8) is 0 Å². The molecule has 3 nitrogen and oxygen atoms in total. The molecule has 0 radical (unpaired) electrons. The number of fused-ring (bicyclic) bond motifs is 1. The van der Waals surface area contributed by atoms with Crippen molar-refractivity contribution in [1.82, 2.24) is 5.32 Å². The molecule has 1 unspecified atom stereocenters. The molecule has 0 saturated carbocycles. The van der Waals surface area contributed by atoms with Crippen molar-refractivity contribution in [1.29, 1.82) is 0 Å². The van der Waals surface area contributed by atoms with Crippen molar-refractivity contribution < 1.29 is 9.53 Å². The van der Waals surface area contributed by atoms with Crippen LogP contribution in [0, 0.1) is 0 Å². The third kappa shape index (κ3) is 5.01. The number of carbonyl (C=O) groups is 1. The largest absolute Gasteiger partial charge is 0.481 e. The summed E-state index contributed by atoms with van der Waals surface area (Å²) in [6.07, 6.45) is 5.72. The Hall–Kier alpha value is -2.00. The van der Waals surface area contributed by atoms with E-state index in [9.17, 15) is 4.79 Å². The fourth-order valence-corrected chi connectivity index (χ4v) is 3.49. The second-order valence-corrected chi connectivity index (χ2v) is 7.26. The van der Waals surface area contributed by atoms with Crippen LogP contribution in [0.2, 0.25) is 5.02 Å². The van der Waals surface area contributed by atoms with Crippen molar-refractivity contribution >= 4 is 17.5 Å². The molecule has 0 heterocycles. The number of halogens is 1. The Balaban J connectivity index is 1.52. The Morgan fingerprint density at radius 2 is 1.85 bits per heavy atom. The zero-order chi connectivity index (χ0) is 18.4. The van der Waals surface area contributed by atoms with E-state index in [0.717, 1.165) is 35.6 Å². The number of amides is 1. The Labute approximate surface area is 160 Å². The third-order valence-electron chi connectivity index (χ3n) is 4.89. The fraction of sp³-hybridized carbons (Fsp3) is 0.409. The number of hydrogen-bond donors (Lipinski definition) is 1. The molecular weight excluding hydrogens is 346 g/mol. The SMILES string of the molecule is CCC(Oc1ccc2c(c1)CCCC2)C(=O)NCCc1ccc(Cl)cc1. The number of hydrogen-bond acceptors (Lipinski definition) is 2. The lowest BCUT2D eigenvalue weighted by Crippen LogP contribution is -2.39. The Bertz CT molecular complexity index is 742. The molecule has 1 atom stereocenters. The predicted molar refractivity (Wildman–Crippen MR) is 106 cm³/mol. The first-order chi connectivity index (χ1) is 12.7. The Morgan fingerprint density at radius 3 is 2.58 bits per heavy atom. The van der Waals surface area contributed by atoms with Crippen LogP contribution in [0.1, 0.15) is 42.9 Å². The summed E-state index contributed by atoms with van der Waals surface area (Å²) < 4.78 is 5.98. The van der Waals surface area contributed by atoms with Crippen LogP contribution in [0.4, 0.5) is 0 Å². The van der Waals surface area contributed by atoms with Crippen molar-refractivity contribution in [3.8, 4) is 5.75 Å². The van der Waals surface area contributed by atoms with Crippen LogP contribution in [0.5, 0.6) is 5.75 Å². The van der Waals surface area contributed by atoms with Crippen molar-refractivity contribution in [2.45, 2.75) is 51.6 Å². The summed E-state index contributed by atoms with van der Waals surface area (Å²) in [6, 6.07) is 13.9. The van der Waals surface area contributed by atoms with Gasteiger partial charge >= 0.3 is 0 Å². The molecule has 2 aromatic carbocycles. The van der Waals surface area contributed by atoms with Gasteiger partial charge in [-0.15, -0.1) is 0 Å². The van der Waals surface area contributed by atoms with Gasteiger partial charge in [0, 0.05) is 11.6 Å². The predicted octanol–water partition coefficient (Wildman–Crippen LogP) is 4.74. The fourth-order valence-electron chi connectivity index (χ4n) is 3.36. The molecule has 0 bridgehead atoms. The summed E-state index contributed by atoms with van der Waals surface area (Å²) >= 11 is 5.89. The standard InChI is InChI=1S/C22H26ClNO2/c1-2-21(22(25)24-14-13-16-7-10-19(23)11-8-16)26-20-12-9-17-5-3-4-6-18(17)15-20/h7-12,15,21H,2-6,13-14H2,1H3,(H,24,25). The highest BCUT2D eigenvalue weighted by atomic mass is 35.5. The van der Waals surface area contributed by atoms with Crippen LogP contribution >= 0.6 is 11.6 Å². The average Bonchev–Trinajstić information content (AvgIpc) is 2.67. The molecule has 0 spiro atoms. The zero-order valence-electron chi connectivity index (χ0n) is 15.3.